The summed E-state index contributed by atoms with van der Waals surface area (Å²) in [4.78, 5) is 2.47. The van der Waals surface area contributed by atoms with Crippen LogP contribution in [-0.2, 0) is 10.8 Å². The van der Waals surface area contributed by atoms with Crippen LogP contribution in [0.25, 0.3) is 54.9 Å². The SMILES string of the molecule is CC1(c2ccccc2)c2ccccc2-c2ccc(N(c3ccc(-c4ccc5c(ccc6ccccc65)c4)cc3)c3ccc4c(c3)-c3ccccc3C4(c3ccccc3)c3ccccc3)cc21. The predicted molar refractivity (Wildman–Crippen MR) is 276 cm³/mol. The number of benzene rings is 11. The summed E-state index contributed by atoms with van der Waals surface area (Å²) < 4.78 is 0. The van der Waals surface area contributed by atoms with Crippen molar-refractivity contribution >= 4 is 38.6 Å². The standard InChI is InChI=1S/C65H45N/c1-64(48-18-5-2-6-19-48)60-27-15-13-25-56(60)58-39-36-53(43-63(58)64)66(51-34-31-44(32-35-51)46-33-38-55-47(41-46)30-29-45-17-11-12-24-54(45)55)52-37-40-62-59(42-52)57-26-14-16-28-61(57)65(62,49-20-7-3-8-21-49)50-22-9-4-10-23-50/h2-43H,1H3. The van der Waals surface area contributed by atoms with Crippen LogP contribution in [0.3, 0.4) is 0 Å². The fraction of sp³-hybridized carbons (Fsp3) is 0.0462. The monoisotopic (exact) mass is 839 g/mol. The van der Waals surface area contributed by atoms with Gasteiger partial charge in [0, 0.05) is 22.5 Å². The fourth-order valence-electron chi connectivity index (χ4n) is 11.7. The molecule has 1 heteroatoms. The number of nitrogens with zero attached hydrogens (tertiary/aromatic N) is 1. The maximum absolute atomic E-state index is 2.47. The summed E-state index contributed by atoms with van der Waals surface area (Å²) in [7, 11) is 0. The first-order chi connectivity index (χ1) is 32.6. The van der Waals surface area contributed by atoms with Gasteiger partial charge >= 0.3 is 0 Å². The number of hydrogen-bond donors (Lipinski definition) is 0. The molecule has 0 aromatic heterocycles. The highest BCUT2D eigenvalue weighted by molar-refractivity contribution is 6.08. The summed E-state index contributed by atoms with van der Waals surface area (Å²) in [5.41, 5.74) is 19.1. The van der Waals surface area contributed by atoms with Crippen LogP contribution in [0, 0.1) is 0 Å². The van der Waals surface area contributed by atoms with E-state index >= 15 is 0 Å². The van der Waals surface area contributed by atoms with Crippen LogP contribution in [-0.4, -0.2) is 0 Å². The van der Waals surface area contributed by atoms with Crippen molar-refractivity contribution < 1.29 is 0 Å². The van der Waals surface area contributed by atoms with E-state index in [4.69, 9.17) is 0 Å². The molecule has 1 atom stereocenters. The molecule has 1 unspecified atom stereocenters. The van der Waals surface area contributed by atoms with Crippen LogP contribution in [0.4, 0.5) is 17.1 Å². The third kappa shape index (κ3) is 5.60. The van der Waals surface area contributed by atoms with Crippen molar-refractivity contribution in [3.05, 3.63) is 294 Å². The smallest absolute Gasteiger partial charge is 0.0713 e. The van der Waals surface area contributed by atoms with E-state index in [1.807, 2.05) is 0 Å². The number of hydrogen-bond acceptors (Lipinski definition) is 1. The van der Waals surface area contributed by atoms with Gasteiger partial charge in [-0.15, -0.1) is 0 Å². The Labute approximate surface area is 386 Å². The van der Waals surface area contributed by atoms with Gasteiger partial charge in [0.05, 0.1) is 5.41 Å². The summed E-state index contributed by atoms with van der Waals surface area (Å²) in [6.45, 7) is 2.40. The Hall–Kier alpha value is -8.26. The van der Waals surface area contributed by atoms with Crippen LogP contribution < -0.4 is 4.90 Å². The third-order valence-corrected chi connectivity index (χ3v) is 14.8. The van der Waals surface area contributed by atoms with Crippen molar-refractivity contribution in [2.24, 2.45) is 0 Å². The molecular formula is C65H45N. The molecular weight excluding hydrogens is 795 g/mol. The Morgan fingerprint density at radius 1 is 0.288 bits per heavy atom. The van der Waals surface area contributed by atoms with Crippen LogP contribution in [0.2, 0.25) is 0 Å². The topological polar surface area (TPSA) is 3.24 Å². The Morgan fingerprint density at radius 3 is 1.52 bits per heavy atom. The second-order valence-electron chi connectivity index (χ2n) is 18.1. The molecule has 0 heterocycles. The van der Waals surface area contributed by atoms with Gasteiger partial charge in [0.25, 0.3) is 0 Å². The van der Waals surface area contributed by atoms with Gasteiger partial charge in [-0.1, -0.05) is 212 Å². The minimum atomic E-state index is -0.470. The average molecular weight is 840 g/mol. The van der Waals surface area contributed by atoms with Crippen LogP contribution in [0.5, 0.6) is 0 Å². The quantitative estimate of drug-likeness (QED) is 0.145. The molecule has 0 saturated carbocycles. The molecule has 11 aromatic carbocycles. The van der Waals surface area contributed by atoms with Gasteiger partial charge in [-0.05, 0) is 143 Å². The van der Waals surface area contributed by atoms with Gasteiger partial charge < -0.3 is 4.90 Å². The molecule has 310 valence electrons. The summed E-state index contributed by atoms with van der Waals surface area (Å²) in [6.07, 6.45) is 0. The zero-order chi connectivity index (χ0) is 43.8. The van der Waals surface area contributed by atoms with Gasteiger partial charge in [0.15, 0.2) is 0 Å². The van der Waals surface area contributed by atoms with Crippen molar-refractivity contribution in [3.8, 4) is 33.4 Å². The maximum Gasteiger partial charge on any atom is 0.0713 e. The van der Waals surface area contributed by atoms with Gasteiger partial charge in [-0.2, -0.15) is 0 Å². The second-order valence-corrected chi connectivity index (χ2v) is 18.1. The van der Waals surface area contributed by atoms with Gasteiger partial charge in [0.1, 0.15) is 0 Å². The molecule has 1 nitrogen and oxygen atoms in total. The van der Waals surface area contributed by atoms with Crippen molar-refractivity contribution in [1.82, 2.24) is 0 Å². The number of rotatable bonds is 7. The lowest BCUT2D eigenvalue weighted by Gasteiger charge is -2.34. The average Bonchev–Trinajstić information content (AvgIpc) is 3.84. The zero-order valence-electron chi connectivity index (χ0n) is 36.7. The molecule has 66 heavy (non-hydrogen) atoms. The summed E-state index contributed by atoms with van der Waals surface area (Å²) in [5, 5.41) is 5.08. The highest BCUT2D eigenvalue weighted by Gasteiger charge is 2.46. The van der Waals surface area contributed by atoms with Gasteiger partial charge in [-0.3, -0.25) is 0 Å². The lowest BCUT2D eigenvalue weighted by Crippen LogP contribution is -2.28. The number of anilines is 3. The predicted octanol–water partition coefficient (Wildman–Crippen LogP) is 16.8. The van der Waals surface area contributed by atoms with E-state index in [1.54, 1.807) is 0 Å². The molecule has 2 aliphatic carbocycles. The number of fused-ring (bicyclic) bond motifs is 9. The lowest BCUT2D eigenvalue weighted by molar-refractivity contribution is 0.714. The molecule has 13 rings (SSSR count). The van der Waals surface area contributed by atoms with E-state index in [0.29, 0.717) is 0 Å². The Bertz CT molecular complexity index is 3610. The lowest BCUT2D eigenvalue weighted by atomic mass is 9.68. The maximum atomic E-state index is 2.47. The molecule has 11 aromatic rings. The second kappa shape index (κ2) is 14.9. The van der Waals surface area contributed by atoms with Crippen molar-refractivity contribution in [2.75, 3.05) is 4.90 Å². The molecule has 2 aliphatic rings. The minimum absolute atomic E-state index is 0.331. The molecule has 0 amide bonds. The molecule has 0 radical (unpaired) electrons. The fourth-order valence-corrected chi connectivity index (χ4v) is 11.7. The summed E-state index contributed by atoms with van der Waals surface area (Å²) in [6, 6.07) is 94.7. The Balaban J connectivity index is 1.01. The van der Waals surface area contributed by atoms with E-state index in [2.05, 4.69) is 267 Å². The van der Waals surface area contributed by atoms with Crippen molar-refractivity contribution in [3.63, 3.8) is 0 Å². The molecule has 0 spiro atoms. The van der Waals surface area contributed by atoms with E-state index in [9.17, 15) is 0 Å². The van der Waals surface area contributed by atoms with Crippen molar-refractivity contribution in [2.45, 2.75) is 17.8 Å². The first kappa shape index (κ1) is 38.2. The van der Waals surface area contributed by atoms with Crippen LogP contribution >= 0.6 is 0 Å². The third-order valence-electron chi connectivity index (χ3n) is 14.8. The minimum Gasteiger partial charge on any atom is -0.310 e. The highest BCUT2D eigenvalue weighted by Crippen LogP contribution is 2.58. The summed E-state index contributed by atoms with van der Waals surface area (Å²) >= 11 is 0. The zero-order valence-corrected chi connectivity index (χ0v) is 36.7. The van der Waals surface area contributed by atoms with Crippen LogP contribution in [0.1, 0.15) is 45.9 Å². The Kier molecular flexibility index (Phi) is 8.63. The molecule has 0 N–H and O–H groups in total. The normalized spacial score (nSPS) is 15.2. The van der Waals surface area contributed by atoms with Crippen LogP contribution in [0.15, 0.2) is 255 Å². The van der Waals surface area contributed by atoms with E-state index in [1.165, 1.54) is 93.9 Å². The Morgan fingerprint density at radius 2 is 0.788 bits per heavy atom. The van der Waals surface area contributed by atoms with Gasteiger partial charge in [-0.25, -0.2) is 0 Å². The van der Waals surface area contributed by atoms with E-state index in [0.717, 1.165) is 17.1 Å². The highest BCUT2D eigenvalue weighted by atomic mass is 15.1. The van der Waals surface area contributed by atoms with Gasteiger partial charge in [0.2, 0.25) is 0 Å². The first-order valence-corrected chi connectivity index (χ1v) is 23.1. The molecule has 0 saturated heterocycles. The molecule has 0 aliphatic heterocycles. The molecule has 0 fully saturated rings. The van der Waals surface area contributed by atoms with E-state index in [-0.39, 0.29) is 5.41 Å². The molecule has 0 bridgehead atoms. The van der Waals surface area contributed by atoms with Crippen molar-refractivity contribution in [1.29, 1.82) is 0 Å². The van der Waals surface area contributed by atoms with E-state index < -0.39 is 5.41 Å². The largest absolute Gasteiger partial charge is 0.310 e. The summed E-state index contributed by atoms with van der Waals surface area (Å²) in [5.74, 6) is 0. The first-order valence-electron chi connectivity index (χ1n) is 23.1.